The van der Waals surface area contributed by atoms with Crippen LogP contribution in [0.2, 0.25) is 0 Å². The van der Waals surface area contributed by atoms with Crippen LogP contribution in [0.1, 0.15) is 46.0 Å². The maximum Gasteiger partial charge on any atom is 0.243 e. The highest BCUT2D eigenvalue weighted by Crippen LogP contribution is 1.93. The van der Waals surface area contributed by atoms with E-state index in [1.807, 2.05) is 6.92 Å². The maximum atomic E-state index is 10.8. The molecular weight excluding hydrogens is 165 g/mol. The number of carbonyl (C=O) groups is 1. The number of unbranched alkanes of at least 4 members (excludes halogenated alkanes) is 2. The molecule has 0 heterocycles. The second-order valence-electron chi connectivity index (χ2n) is 2.83. The molecule has 0 aliphatic rings. The third kappa shape index (κ3) is 11.5. The molecule has 0 unspecified atom stereocenters. The molecule has 0 atom stereocenters. The van der Waals surface area contributed by atoms with E-state index >= 15 is 0 Å². The molecule has 0 aliphatic carbocycles. The van der Waals surface area contributed by atoms with Gasteiger partial charge in [-0.1, -0.05) is 26.7 Å². The lowest BCUT2D eigenvalue weighted by Gasteiger charge is -2.03. The molecule has 0 saturated heterocycles. The molecular formula is C9H22BNO2. The monoisotopic (exact) mass is 187 g/mol. The van der Waals surface area contributed by atoms with E-state index in [0.29, 0.717) is 13.0 Å². The topological polar surface area (TPSA) is 38.3 Å². The predicted octanol–water partition coefficient (Wildman–Crippen LogP) is 0.841. The second kappa shape index (κ2) is 11.5. The fraction of sp³-hybridized carbons (Fsp3) is 0.889. The smallest absolute Gasteiger partial charge is 0.243 e. The van der Waals surface area contributed by atoms with Crippen molar-refractivity contribution < 1.29 is 9.63 Å². The number of rotatable bonds is 7. The summed E-state index contributed by atoms with van der Waals surface area (Å²) in [4.78, 5) is 15.8. The summed E-state index contributed by atoms with van der Waals surface area (Å²) in [5.74, 6) is -0.0194. The Morgan fingerprint density at radius 3 is 2.46 bits per heavy atom. The van der Waals surface area contributed by atoms with Gasteiger partial charge in [-0.05, 0) is 12.8 Å². The minimum atomic E-state index is -0.0194. The Bertz CT molecular complexity index is 120. The number of hydrogen-bond acceptors (Lipinski definition) is 2. The quantitative estimate of drug-likeness (QED) is 0.364. The van der Waals surface area contributed by atoms with E-state index in [9.17, 15) is 4.79 Å². The van der Waals surface area contributed by atoms with Crippen molar-refractivity contribution in [1.82, 2.24) is 5.48 Å². The van der Waals surface area contributed by atoms with Gasteiger partial charge in [0.25, 0.3) is 0 Å². The van der Waals surface area contributed by atoms with Crippen LogP contribution in [0.4, 0.5) is 0 Å². The van der Waals surface area contributed by atoms with Crippen LogP contribution in [0, 0.1) is 0 Å². The van der Waals surface area contributed by atoms with E-state index in [1.54, 1.807) is 0 Å². The number of hydrogen-bond donors (Lipinski definition) is 1. The van der Waals surface area contributed by atoms with Gasteiger partial charge in [-0.15, -0.1) is 0 Å². The minimum absolute atomic E-state index is 0. The highest BCUT2D eigenvalue weighted by atomic mass is 16.6. The average Bonchev–Trinajstić information content (AvgIpc) is 2.05. The Balaban J connectivity index is 0. The van der Waals surface area contributed by atoms with Crippen molar-refractivity contribution >= 4 is 14.3 Å². The van der Waals surface area contributed by atoms with E-state index in [4.69, 9.17) is 4.84 Å². The van der Waals surface area contributed by atoms with Crippen molar-refractivity contribution in [2.75, 3.05) is 6.61 Å². The Morgan fingerprint density at radius 1 is 1.23 bits per heavy atom. The van der Waals surface area contributed by atoms with E-state index in [1.165, 1.54) is 6.42 Å². The van der Waals surface area contributed by atoms with Gasteiger partial charge in [0.15, 0.2) is 0 Å². The zero-order valence-electron chi connectivity index (χ0n) is 8.06. The number of hydroxylamine groups is 1. The van der Waals surface area contributed by atoms with Crippen molar-refractivity contribution in [3.63, 3.8) is 0 Å². The molecule has 3 nitrogen and oxygen atoms in total. The highest BCUT2D eigenvalue weighted by molar-refractivity contribution is 5.75. The van der Waals surface area contributed by atoms with Crippen molar-refractivity contribution in [3.05, 3.63) is 0 Å². The molecule has 0 aromatic carbocycles. The third-order valence-corrected chi connectivity index (χ3v) is 1.51. The van der Waals surface area contributed by atoms with Crippen LogP contribution in [0.3, 0.4) is 0 Å². The fourth-order valence-electron chi connectivity index (χ4n) is 0.834. The molecule has 0 spiro atoms. The zero-order chi connectivity index (χ0) is 9.23. The fourth-order valence-corrected chi connectivity index (χ4v) is 0.834. The molecule has 13 heavy (non-hydrogen) atoms. The first-order valence-electron chi connectivity index (χ1n) is 4.71. The van der Waals surface area contributed by atoms with E-state index < -0.39 is 0 Å². The largest absolute Gasteiger partial charge is 0.274 e. The molecule has 0 radical (unpaired) electrons. The summed E-state index contributed by atoms with van der Waals surface area (Å²) in [5, 5.41) is 0. The first kappa shape index (κ1) is 15.0. The predicted molar refractivity (Wildman–Crippen MR) is 58.5 cm³/mol. The lowest BCUT2D eigenvalue weighted by molar-refractivity contribution is -0.133. The van der Waals surface area contributed by atoms with Gasteiger partial charge in [0.1, 0.15) is 0 Å². The highest BCUT2D eigenvalue weighted by Gasteiger charge is 1.96. The number of amides is 1. The van der Waals surface area contributed by atoms with Crippen LogP contribution in [0.15, 0.2) is 0 Å². The van der Waals surface area contributed by atoms with Gasteiger partial charge in [0.2, 0.25) is 5.91 Å². The van der Waals surface area contributed by atoms with Crippen molar-refractivity contribution in [3.8, 4) is 0 Å². The summed E-state index contributed by atoms with van der Waals surface area (Å²) in [6, 6.07) is 0. The van der Waals surface area contributed by atoms with Gasteiger partial charge >= 0.3 is 0 Å². The summed E-state index contributed by atoms with van der Waals surface area (Å²) in [6.07, 6.45) is 4.76. The maximum absolute atomic E-state index is 10.8. The van der Waals surface area contributed by atoms with Crippen molar-refractivity contribution in [1.29, 1.82) is 0 Å². The molecule has 0 rings (SSSR count). The molecule has 0 bridgehead atoms. The van der Waals surface area contributed by atoms with E-state index in [2.05, 4.69) is 12.4 Å². The van der Waals surface area contributed by atoms with Gasteiger partial charge in [-0.25, -0.2) is 5.48 Å². The van der Waals surface area contributed by atoms with Crippen LogP contribution >= 0.6 is 0 Å². The van der Waals surface area contributed by atoms with Gasteiger partial charge in [0, 0.05) is 6.42 Å². The van der Waals surface area contributed by atoms with Gasteiger partial charge in [-0.3, -0.25) is 9.63 Å². The minimum Gasteiger partial charge on any atom is -0.274 e. The molecule has 1 N–H and O–H groups in total. The standard InChI is InChI=1S/C9H19NO2.BH3/c1-3-5-6-8-12-10-9(11)7-4-2;/h3-8H2,1-2H3,(H,10,11);1H3. The summed E-state index contributed by atoms with van der Waals surface area (Å²) < 4.78 is 0. The molecule has 0 saturated carbocycles. The molecule has 78 valence electrons. The summed E-state index contributed by atoms with van der Waals surface area (Å²) in [6.45, 7) is 4.73. The average molecular weight is 187 g/mol. The van der Waals surface area contributed by atoms with E-state index in [0.717, 1.165) is 19.3 Å². The summed E-state index contributed by atoms with van der Waals surface area (Å²) in [5.41, 5.74) is 2.40. The molecule has 4 heteroatoms. The van der Waals surface area contributed by atoms with Crippen LogP contribution in [0.5, 0.6) is 0 Å². The van der Waals surface area contributed by atoms with Crippen molar-refractivity contribution in [2.45, 2.75) is 46.0 Å². The number of nitrogens with one attached hydrogen (secondary N) is 1. The molecule has 0 aliphatic heterocycles. The lowest BCUT2D eigenvalue weighted by Crippen LogP contribution is -2.23. The van der Waals surface area contributed by atoms with Crippen LogP contribution in [0.25, 0.3) is 0 Å². The Morgan fingerprint density at radius 2 is 1.92 bits per heavy atom. The van der Waals surface area contributed by atoms with Crippen molar-refractivity contribution in [2.24, 2.45) is 0 Å². The Labute approximate surface area is 82.8 Å². The Kier molecular flexibility index (Phi) is 13.3. The molecule has 0 aromatic rings. The SMILES string of the molecule is B.CCCCCONC(=O)CCC. The number of carbonyl (C=O) groups excluding carboxylic acids is 1. The van der Waals surface area contributed by atoms with Gasteiger partial charge in [0.05, 0.1) is 15.0 Å². The molecule has 1 amide bonds. The van der Waals surface area contributed by atoms with E-state index in [-0.39, 0.29) is 14.3 Å². The van der Waals surface area contributed by atoms with Crippen LogP contribution in [-0.2, 0) is 9.63 Å². The third-order valence-electron chi connectivity index (χ3n) is 1.51. The first-order chi connectivity index (χ1) is 5.81. The summed E-state index contributed by atoms with van der Waals surface area (Å²) in [7, 11) is 0. The van der Waals surface area contributed by atoms with Gasteiger partial charge in [-0.2, -0.15) is 0 Å². The van der Waals surface area contributed by atoms with Crippen LogP contribution in [-0.4, -0.2) is 20.9 Å². The first-order valence-corrected chi connectivity index (χ1v) is 4.71. The second-order valence-corrected chi connectivity index (χ2v) is 2.83. The van der Waals surface area contributed by atoms with Gasteiger partial charge < -0.3 is 0 Å². The zero-order valence-corrected chi connectivity index (χ0v) is 8.06. The molecule has 0 fully saturated rings. The van der Waals surface area contributed by atoms with Crippen LogP contribution < -0.4 is 5.48 Å². The normalized spacial score (nSPS) is 9.08. The Hall–Kier alpha value is -0.505. The summed E-state index contributed by atoms with van der Waals surface area (Å²) >= 11 is 0. The molecule has 0 aromatic heterocycles. The lowest BCUT2D eigenvalue weighted by atomic mass is 10.3.